The first-order valence-corrected chi connectivity index (χ1v) is 5.93. The van der Waals surface area contributed by atoms with Crippen molar-refractivity contribution in [2.75, 3.05) is 6.54 Å². The van der Waals surface area contributed by atoms with Crippen molar-refractivity contribution in [1.82, 2.24) is 5.32 Å². The van der Waals surface area contributed by atoms with E-state index in [1.165, 1.54) is 0 Å². The Morgan fingerprint density at radius 2 is 2.19 bits per heavy atom. The van der Waals surface area contributed by atoms with Gasteiger partial charge in [0.05, 0.1) is 16.2 Å². The monoisotopic (exact) mass is 305 g/mol. The maximum absolute atomic E-state index is 11.7. The molecule has 5 heteroatoms. The average Bonchev–Trinajstić information content (AvgIpc) is 2.17. The van der Waals surface area contributed by atoms with E-state index in [2.05, 4.69) is 21.2 Å². The molecule has 0 saturated heterocycles. The van der Waals surface area contributed by atoms with Crippen LogP contribution in [0.4, 0.5) is 0 Å². The van der Waals surface area contributed by atoms with E-state index < -0.39 is 5.60 Å². The highest BCUT2D eigenvalue weighted by molar-refractivity contribution is 9.10. The van der Waals surface area contributed by atoms with Gasteiger partial charge in [-0.05, 0) is 41.9 Å². The minimum Gasteiger partial charge on any atom is -0.389 e. The van der Waals surface area contributed by atoms with Crippen molar-refractivity contribution in [2.45, 2.75) is 19.4 Å². The average molecular weight is 307 g/mol. The summed E-state index contributed by atoms with van der Waals surface area (Å²) in [7, 11) is 0. The molecule has 0 fully saturated rings. The molecule has 88 valence electrons. The van der Waals surface area contributed by atoms with Gasteiger partial charge in [-0.2, -0.15) is 0 Å². The lowest BCUT2D eigenvalue weighted by Crippen LogP contribution is -2.38. The van der Waals surface area contributed by atoms with E-state index in [0.29, 0.717) is 15.1 Å². The second-order valence-corrected chi connectivity index (χ2v) is 5.33. The number of nitrogens with one attached hydrogen (secondary N) is 1. The lowest BCUT2D eigenvalue weighted by atomic mass is 10.1. The molecule has 0 radical (unpaired) electrons. The summed E-state index contributed by atoms with van der Waals surface area (Å²) in [5.41, 5.74) is -0.547. The lowest BCUT2D eigenvalue weighted by molar-refractivity contribution is 0.0694. The smallest absolute Gasteiger partial charge is 0.252 e. The number of amides is 1. The Morgan fingerprint density at radius 1 is 1.56 bits per heavy atom. The van der Waals surface area contributed by atoms with Crippen molar-refractivity contribution < 1.29 is 9.90 Å². The molecule has 2 N–H and O–H groups in total. The van der Waals surface area contributed by atoms with Crippen molar-refractivity contribution >= 4 is 33.4 Å². The maximum atomic E-state index is 11.7. The third-order valence-electron chi connectivity index (χ3n) is 1.88. The number of halogens is 2. The van der Waals surface area contributed by atoms with E-state index in [1.807, 2.05) is 0 Å². The Kier molecular flexibility index (Phi) is 4.35. The van der Waals surface area contributed by atoms with Gasteiger partial charge in [-0.1, -0.05) is 17.7 Å². The first kappa shape index (κ1) is 13.5. The van der Waals surface area contributed by atoms with Crippen molar-refractivity contribution in [3.05, 3.63) is 33.3 Å². The van der Waals surface area contributed by atoms with Gasteiger partial charge >= 0.3 is 0 Å². The zero-order valence-electron chi connectivity index (χ0n) is 9.05. The second kappa shape index (κ2) is 5.17. The van der Waals surface area contributed by atoms with E-state index in [0.717, 1.165) is 0 Å². The van der Waals surface area contributed by atoms with Crippen LogP contribution in [0.1, 0.15) is 24.2 Å². The molecule has 0 aliphatic heterocycles. The van der Waals surface area contributed by atoms with Crippen LogP contribution in [-0.2, 0) is 0 Å². The van der Waals surface area contributed by atoms with Crippen molar-refractivity contribution in [3.8, 4) is 0 Å². The van der Waals surface area contributed by atoms with E-state index in [1.54, 1.807) is 32.0 Å². The van der Waals surface area contributed by atoms with Gasteiger partial charge in [0, 0.05) is 11.0 Å². The van der Waals surface area contributed by atoms with E-state index in [9.17, 15) is 9.90 Å². The zero-order valence-corrected chi connectivity index (χ0v) is 11.4. The van der Waals surface area contributed by atoms with E-state index >= 15 is 0 Å². The molecule has 1 rings (SSSR count). The Morgan fingerprint density at radius 3 is 2.75 bits per heavy atom. The first-order chi connectivity index (χ1) is 7.31. The van der Waals surface area contributed by atoms with Crippen LogP contribution in [0.15, 0.2) is 22.7 Å². The number of aliphatic hydroxyl groups is 1. The Bertz CT molecular complexity index is 401. The van der Waals surface area contributed by atoms with Gasteiger partial charge in [0.15, 0.2) is 0 Å². The molecule has 0 aromatic heterocycles. The van der Waals surface area contributed by atoms with Gasteiger partial charge in [-0.25, -0.2) is 0 Å². The number of hydrogen-bond acceptors (Lipinski definition) is 2. The topological polar surface area (TPSA) is 49.3 Å². The molecule has 0 unspecified atom stereocenters. The third kappa shape index (κ3) is 3.77. The lowest BCUT2D eigenvalue weighted by Gasteiger charge is -2.17. The minimum absolute atomic E-state index is 0.175. The molecular weight excluding hydrogens is 293 g/mol. The molecule has 1 aromatic carbocycles. The summed E-state index contributed by atoms with van der Waals surface area (Å²) in [4.78, 5) is 11.7. The van der Waals surface area contributed by atoms with Crippen LogP contribution in [0.25, 0.3) is 0 Å². The molecule has 0 atom stereocenters. The van der Waals surface area contributed by atoms with Gasteiger partial charge < -0.3 is 10.4 Å². The summed E-state index contributed by atoms with van der Waals surface area (Å²) in [6.45, 7) is 3.42. The summed E-state index contributed by atoms with van der Waals surface area (Å²) in [5, 5.41) is 12.5. The molecular formula is C11H13BrClNO2. The number of rotatable bonds is 3. The molecule has 1 amide bonds. The van der Waals surface area contributed by atoms with Gasteiger partial charge in [-0.3, -0.25) is 4.79 Å². The fraction of sp³-hybridized carbons (Fsp3) is 0.364. The second-order valence-electron chi connectivity index (χ2n) is 4.10. The molecule has 1 aromatic rings. The van der Waals surface area contributed by atoms with Crippen molar-refractivity contribution in [2.24, 2.45) is 0 Å². The van der Waals surface area contributed by atoms with Gasteiger partial charge in [-0.15, -0.1) is 0 Å². The summed E-state index contributed by atoms with van der Waals surface area (Å²) in [6.07, 6.45) is 0. The molecule has 0 spiro atoms. The predicted octanol–water partition coefficient (Wildman–Crippen LogP) is 2.60. The molecule has 0 aliphatic rings. The fourth-order valence-electron chi connectivity index (χ4n) is 1.07. The summed E-state index contributed by atoms with van der Waals surface area (Å²) in [5.74, 6) is -0.298. The standard InChI is InChI=1S/C11H13BrClNO2/c1-11(2,16)6-14-10(15)7-4-3-5-8(12)9(7)13/h3-5,16H,6H2,1-2H3,(H,14,15). The highest BCUT2D eigenvalue weighted by Crippen LogP contribution is 2.25. The highest BCUT2D eigenvalue weighted by Gasteiger charge is 2.17. The number of carbonyl (C=O) groups is 1. The number of benzene rings is 1. The SMILES string of the molecule is CC(C)(O)CNC(=O)c1cccc(Br)c1Cl. The van der Waals surface area contributed by atoms with Crippen LogP contribution in [0, 0.1) is 0 Å². The zero-order chi connectivity index (χ0) is 12.3. The van der Waals surface area contributed by atoms with Crippen LogP contribution in [0.3, 0.4) is 0 Å². The quantitative estimate of drug-likeness (QED) is 0.902. The van der Waals surface area contributed by atoms with Crippen LogP contribution in [0.2, 0.25) is 5.02 Å². The van der Waals surface area contributed by atoms with Crippen LogP contribution in [0.5, 0.6) is 0 Å². The van der Waals surface area contributed by atoms with E-state index in [4.69, 9.17) is 11.6 Å². The summed E-state index contributed by atoms with van der Waals surface area (Å²) < 4.78 is 0.671. The van der Waals surface area contributed by atoms with Gasteiger partial charge in [0.2, 0.25) is 0 Å². The largest absolute Gasteiger partial charge is 0.389 e. The molecule has 0 aliphatic carbocycles. The normalized spacial score (nSPS) is 11.3. The molecule has 0 bridgehead atoms. The Labute approximate surface area is 108 Å². The summed E-state index contributed by atoms with van der Waals surface area (Å²) in [6, 6.07) is 5.12. The first-order valence-electron chi connectivity index (χ1n) is 4.76. The molecule has 0 heterocycles. The van der Waals surface area contributed by atoms with E-state index in [-0.39, 0.29) is 12.5 Å². The molecule has 3 nitrogen and oxygen atoms in total. The van der Waals surface area contributed by atoms with Gasteiger partial charge in [0.25, 0.3) is 5.91 Å². The Hall–Kier alpha value is -0.580. The van der Waals surface area contributed by atoms with Crippen LogP contribution < -0.4 is 5.32 Å². The van der Waals surface area contributed by atoms with Crippen molar-refractivity contribution in [1.29, 1.82) is 0 Å². The van der Waals surface area contributed by atoms with Crippen LogP contribution >= 0.6 is 27.5 Å². The summed E-state index contributed by atoms with van der Waals surface area (Å²) >= 11 is 9.21. The Balaban J connectivity index is 2.78. The predicted molar refractivity (Wildman–Crippen MR) is 67.8 cm³/mol. The highest BCUT2D eigenvalue weighted by atomic mass is 79.9. The minimum atomic E-state index is -0.936. The number of hydrogen-bond donors (Lipinski definition) is 2. The number of carbonyl (C=O) groups excluding carboxylic acids is 1. The van der Waals surface area contributed by atoms with Crippen molar-refractivity contribution in [3.63, 3.8) is 0 Å². The molecule has 0 saturated carbocycles. The fourth-order valence-corrected chi connectivity index (χ4v) is 1.65. The van der Waals surface area contributed by atoms with Gasteiger partial charge in [0.1, 0.15) is 0 Å². The molecule has 16 heavy (non-hydrogen) atoms. The van der Waals surface area contributed by atoms with Crippen LogP contribution in [-0.4, -0.2) is 23.2 Å². The third-order valence-corrected chi connectivity index (χ3v) is 3.17. The maximum Gasteiger partial charge on any atom is 0.252 e.